The number of aliphatic carboxylic acids is 1. The molecule has 18 heavy (non-hydrogen) atoms. The Labute approximate surface area is 107 Å². The van der Waals surface area contributed by atoms with Crippen LogP contribution in [0.3, 0.4) is 0 Å². The quantitative estimate of drug-likeness (QED) is 0.816. The van der Waals surface area contributed by atoms with Gasteiger partial charge in [0.15, 0.2) is 5.60 Å². The highest BCUT2D eigenvalue weighted by Gasteiger charge is 2.41. The molecular weight excluding hydrogens is 232 g/mol. The lowest BCUT2D eigenvalue weighted by Crippen LogP contribution is -2.43. The predicted molar refractivity (Wildman–Crippen MR) is 68.9 cm³/mol. The molecule has 0 saturated carbocycles. The summed E-state index contributed by atoms with van der Waals surface area (Å²) in [5.41, 5.74) is -0.978. The van der Waals surface area contributed by atoms with Crippen molar-refractivity contribution in [2.24, 2.45) is 0 Å². The van der Waals surface area contributed by atoms with E-state index in [0.29, 0.717) is 12.2 Å². The summed E-state index contributed by atoms with van der Waals surface area (Å²) in [7, 11) is 1.55. The third-order valence-corrected chi connectivity index (χ3v) is 3.31. The zero-order chi connectivity index (χ0) is 13.8. The van der Waals surface area contributed by atoms with Gasteiger partial charge in [0.2, 0.25) is 0 Å². The van der Waals surface area contributed by atoms with Crippen LogP contribution in [0.2, 0.25) is 0 Å². The summed E-state index contributed by atoms with van der Waals surface area (Å²) in [5.74, 6) is -1.02. The number of hydrogen-bond donors (Lipinski definition) is 2. The van der Waals surface area contributed by atoms with Crippen LogP contribution < -0.4 is 4.74 Å². The van der Waals surface area contributed by atoms with E-state index in [-0.39, 0.29) is 6.42 Å². The van der Waals surface area contributed by atoms with Crippen molar-refractivity contribution in [3.05, 3.63) is 29.8 Å². The second kappa shape index (κ2) is 5.87. The number of carboxylic acids is 1. The van der Waals surface area contributed by atoms with Crippen molar-refractivity contribution in [3.8, 4) is 5.75 Å². The maximum atomic E-state index is 11.3. The molecular formula is C14H20O4. The van der Waals surface area contributed by atoms with Crippen LogP contribution in [-0.4, -0.2) is 28.9 Å². The molecule has 2 unspecified atom stereocenters. The van der Waals surface area contributed by atoms with Crippen molar-refractivity contribution >= 4 is 5.97 Å². The molecule has 100 valence electrons. The molecule has 1 rings (SSSR count). The average Bonchev–Trinajstić information content (AvgIpc) is 2.37. The van der Waals surface area contributed by atoms with Crippen LogP contribution in [0.5, 0.6) is 5.75 Å². The molecule has 0 radical (unpaired) electrons. The van der Waals surface area contributed by atoms with Crippen LogP contribution in [0.1, 0.15) is 38.2 Å². The minimum atomic E-state index is -1.74. The lowest BCUT2D eigenvalue weighted by Gasteiger charge is -2.30. The summed E-state index contributed by atoms with van der Waals surface area (Å²) in [6.07, 6.45) is 0.831. The first-order valence-corrected chi connectivity index (χ1v) is 6.05. The van der Waals surface area contributed by atoms with Gasteiger partial charge in [-0.3, -0.25) is 0 Å². The minimum absolute atomic E-state index is 0.223. The molecule has 2 N–H and O–H groups in total. The first kappa shape index (κ1) is 14.5. The van der Waals surface area contributed by atoms with Crippen molar-refractivity contribution in [2.45, 2.75) is 38.2 Å². The van der Waals surface area contributed by atoms with Gasteiger partial charge in [0, 0.05) is 5.92 Å². The van der Waals surface area contributed by atoms with Crippen LogP contribution in [0.4, 0.5) is 0 Å². The highest BCUT2D eigenvalue weighted by molar-refractivity contribution is 5.78. The number of benzene rings is 1. The standard InChI is InChI=1S/C14H20O4/c1-4-8-14(17,13(15)16)10(2)11-6-5-7-12(9-11)18-3/h5-7,9-10,17H,4,8H2,1-3H3,(H,15,16). The van der Waals surface area contributed by atoms with Gasteiger partial charge >= 0.3 is 5.97 Å². The molecule has 4 heteroatoms. The van der Waals surface area contributed by atoms with E-state index in [1.165, 1.54) is 0 Å². The van der Waals surface area contributed by atoms with Gasteiger partial charge in [0.05, 0.1) is 7.11 Å². The molecule has 0 saturated heterocycles. The number of rotatable bonds is 6. The number of methoxy groups -OCH3 is 1. The maximum absolute atomic E-state index is 11.3. The van der Waals surface area contributed by atoms with Gasteiger partial charge < -0.3 is 14.9 Å². The Morgan fingerprint density at radius 1 is 1.50 bits per heavy atom. The summed E-state index contributed by atoms with van der Waals surface area (Å²) in [6.45, 7) is 3.57. The van der Waals surface area contributed by atoms with Crippen LogP contribution in [0.25, 0.3) is 0 Å². The molecule has 0 aliphatic heterocycles. The second-order valence-corrected chi connectivity index (χ2v) is 4.48. The zero-order valence-electron chi connectivity index (χ0n) is 11.0. The van der Waals surface area contributed by atoms with E-state index in [9.17, 15) is 15.0 Å². The van der Waals surface area contributed by atoms with E-state index in [1.54, 1.807) is 38.3 Å². The molecule has 0 fully saturated rings. The molecule has 1 aromatic rings. The Bertz CT molecular complexity index is 416. The van der Waals surface area contributed by atoms with Gasteiger partial charge in [-0.05, 0) is 24.1 Å². The Balaban J connectivity index is 3.09. The van der Waals surface area contributed by atoms with Gasteiger partial charge in [0.1, 0.15) is 5.75 Å². The van der Waals surface area contributed by atoms with Gasteiger partial charge in [-0.15, -0.1) is 0 Å². The fourth-order valence-electron chi connectivity index (χ4n) is 2.08. The van der Waals surface area contributed by atoms with Crippen LogP contribution in [0.15, 0.2) is 24.3 Å². The predicted octanol–water partition coefficient (Wildman–Crippen LogP) is 2.41. The SMILES string of the molecule is CCCC(O)(C(=O)O)C(C)c1cccc(OC)c1. The highest BCUT2D eigenvalue weighted by Crippen LogP contribution is 2.33. The van der Waals surface area contributed by atoms with Gasteiger partial charge in [0.25, 0.3) is 0 Å². The normalized spacial score (nSPS) is 15.8. The van der Waals surface area contributed by atoms with Crippen molar-refractivity contribution in [2.75, 3.05) is 7.11 Å². The molecule has 0 heterocycles. The topological polar surface area (TPSA) is 66.8 Å². The molecule has 0 amide bonds. The largest absolute Gasteiger partial charge is 0.497 e. The summed E-state index contributed by atoms with van der Waals surface area (Å²) in [6, 6.07) is 7.14. The van der Waals surface area contributed by atoms with E-state index in [1.807, 2.05) is 6.92 Å². The van der Waals surface area contributed by atoms with Gasteiger partial charge in [-0.2, -0.15) is 0 Å². The molecule has 0 aliphatic rings. The number of hydrogen-bond acceptors (Lipinski definition) is 3. The van der Waals surface area contributed by atoms with E-state index in [4.69, 9.17) is 4.74 Å². The van der Waals surface area contributed by atoms with Crippen molar-refractivity contribution in [3.63, 3.8) is 0 Å². The lowest BCUT2D eigenvalue weighted by atomic mass is 9.80. The third-order valence-electron chi connectivity index (χ3n) is 3.31. The monoisotopic (exact) mass is 252 g/mol. The number of aliphatic hydroxyl groups is 1. The van der Waals surface area contributed by atoms with E-state index < -0.39 is 17.5 Å². The minimum Gasteiger partial charge on any atom is -0.497 e. The Morgan fingerprint density at radius 2 is 2.17 bits per heavy atom. The van der Waals surface area contributed by atoms with Crippen molar-refractivity contribution < 1.29 is 19.7 Å². The second-order valence-electron chi connectivity index (χ2n) is 4.48. The number of ether oxygens (including phenoxy) is 1. The number of carbonyl (C=O) groups is 1. The van der Waals surface area contributed by atoms with E-state index in [2.05, 4.69) is 0 Å². The summed E-state index contributed by atoms with van der Waals surface area (Å²) < 4.78 is 5.11. The zero-order valence-corrected chi connectivity index (χ0v) is 11.0. The third kappa shape index (κ3) is 2.82. The number of carboxylic acid groups (broad SMARTS) is 1. The molecule has 1 aromatic carbocycles. The highest BCUT2D eigenvalue weighted by atomic mass is 16.5. The van der Waals surface area contributed by atoms with Crippen LogP contribution in [-0.2, 0) is 4.79 Å². The van der Waals surface area contributed by atoms with Crippen LogP contribution >= 0.6 is 0 Å². The molecule has 0 spiro atoms. The Kier molecular flexibility index (Phi) is 4.73. The molecule has 2 atom stereocenters. The van der Waals surface area contributed by atoms with Crippen molar-refractivity contribution in [1.29, 1.82) is 0 Å². The first-order chi connectivity index (χ1) is 8.45. The smallest absolute Gasteiger partial charge is 0.336 e. The van der Waals surface area contributed by atoms with Crippen LogP contribution in [0, 0.1) is 0 Å². The average molecular weight is 252 g/mol. The fourth-order valence-corrected chi connectivity index (χ4v) is 2.08. The van der Waals surface area contributed by atoms with Crippen molar-refractivity contribution in [1.82, 2.24) is 0 Å². The summed E-state index contributed by atoms with van der Waals surface area (Å²) in [4.78, 5) is 11.3. The first-order valence-electron chi connectivity index (χ1n) is 6.05. The van der Waals surface area contributed by atoms with E-state index >= 15 is 0 Å². The van der Waals surface area contributed by atoms with Gasteiger partial charge in [-0.1, -0.05) is 32.4 Å². The lowest BCUT2D eigenvalue weighted by molar-refractivity contribution is -0.161. The Morgan fingerprint density at radius 3 is 2.67 bits per heavy atom. The summed E-state index contributed by atoms with van der Waals surface area (Å²) in [5, 5.41) is 19.6. The Hall–Kier alpha value is -1.55. The fraction of sp³-hybridized carbons (Fsp3) is 0.500. The molecule has 0 aromatic heterocycles. The van der Waals surface area contributed by atoms with E-state index in [0.717, 1.165) is 5.56 Å². The maximum Gasteiger partial charge on any atom is 0.336 e. The molecule has 0 bridgehead atoms. The van der Waals surface area contributed by atoms with Gasteiger partial charge in [-0.25, -0.2) is 4.79 Å². The molecule has 4 nitrogen and oxygen atoms in total. The summed E-state index contributed by atoms with van der Waals surface area (Å²) >= 11 is 0. The molecule has 0 aliphatic carbocycles.